The number of hydrogen-bond acceptors (Lipinski definition) is 5. The highest BCUT2D eigenvalue weighted by molar-refractivity contribution is 5.89. The van der Waals surface area contributed by atoms with Gasteiger partial charge in [-0.05, 0) is 31.5 Å². The molecule has 0 N–H and O–H groups in total. The van der Waals surface area contributed by atoms with Crippen LogP contribution in [0, 0.1) is 24.1 Å². The van der Waals surface area contributed by atoms with Crippen molar-refractivity contribution in [2.75, 3.05) is 29.9 Å². The van der Waals surface area contributed by atoms with Gasteiger partial charge in [-0.3, -0.25) is 4.90 Å². The molecule has 176 valence electrons. The molecule has 6 nitrogen and oxygen atoms in total. The number of anilines is 2. The van der Waals surface area contributed by atoms with Crippen molar-refractivity contribution in [3.05, 3.63) is 46.4 Å². The van der Waals surface area contributed by atoms with Gasteiger partial charge >= 0.3 is 18.4 Å². The second-order valence-electron chi connectivity index (χ2n) is 7.14. The molecule has 1 aromatic carbocycles. The van der Waals surface area contributed by atoms with Crippen LogP contribution in [0.2, 0.25) is 0 Å². The Morgan fingerprint density at radius 1 is 1.15 bits per heavy atom. The molecule has 3 rings (SSSR count). The van der Waals surface area contributed by atoms with Gasteiger partial charge in [0.15, 0.2) is 5.75 Å². The van der Waals surface area contributed by atoms with Crippen molar-refractivity contribution >= 4 is 17.6 Å². The van der Waals surface area contributed by atoms with E-state index < -0.39 is 52.4 Å². The maximum Gasteiger partial charge on any atom is 0.420 e. The first-order valence-corrected chi connectivity index (χ1v) is 9.34. The summed E-state index contributed by atoms with van der Waals surface area (Å²) in [6.07, 6.45) is -11.6. The highest BCUT2D eigenvalue weighted by atomic mass is 19.4. The van der Waals surface area contributed by atoms with Gasteiger partial charge in [0.1, 0.15) is 23.3 Å². The first kappa shape index (κ1) is 24.1. The van der Waals surface area contributed by atoms with E-state index in [1.54, 1.807) is 0 Å². The maximum absolute atomic E-state index is 13.8. The summed E-state index contributed by atoms with van der Waals surface area (Å²) in [6.45, 7) is 1.41. The van der Waals surface area contributed by atoms with E-state index in [1.165, 1.54) is 13.0 Å². The Bertz CT molecular complexity index is 1140. The number of alkyl halides is 6. The monoisotopic (exact) mass is 476 g/mol. The fourth-order valence-corrected chi connectivity index (χ4v) is 3.11. The van der Waals surface area contributed by atoms with Crippen LogP contribution in [0.1, 0.15) is 28.8 Å². The van der Waals surface area contributed by atoms with Crippen molar-refractivity contribution in [2.45, 2.75) is 25.7 Å². The SMILES string of the molecule is Cc1nc(N(C)C(=O)Oc2c(C(F)(F)F)cc(C(F)(F)F)c(C#N)c2N2CCC2)ccc1F. The Morgan fingerprint density at radius 3 is 2.21 bits per heavy atom. The number of carbonyl (C=O) groups excluding carboxylic acids is 1. The van der Waals surface area contributed by atoms with Crippen molar-refractivity contribution in [3.63, 3.8) is 0 Å². The Balaban J connectivity index is 2.17. The van der Waals surface area contributed by atoms with E-state index in [0.29, 0.717) is 11.3 Å². The van der Waals surface area contributed by atoms with Crippen LogP contribution in [0.4, 0.5) is 47.0 Å². The molecule has 1 aliphatic heterocycles. The molecule has 0 bridgehead atoms. The molecular weight excluding hydrogens is 461 g/mol. The number of benzene rings is 1. The molecule has 2 heterocycles. The zero-order chi connectivity index (χ0) is 24.7. The fourth-order valence-electron chi connectivity index (χ4n) is 3.11. The van der Waals surface area contributed by atoms with Gasteiger partial charge in [0.05, 0.1) is 22.5 Å². The smallest absolute Gasteiger partial charge is 0.407 e. The molecule has 2 aromatic rings. The normalized spacial score (nSPS) is 13.9. The predicted molar refractivity (Wildman–Crippen MR) is 101 cm³/mol. The van der Waals surface area contributed by atoms with Crippen LogP contribution in [-0.4, -0.2) is 31.2 Å². The number of amides is 1. The third-order valence-corrected chi connectivity index (χ3v) is 4.96. The zero-order valence-electron chi connectivity index (χ0n) is 17.1. The Morgan fingerprint density at radius 2 is 1.76 bits per heavy atom. The van der Waals surface area contributed by atoms with Gasteiger partial charge in [-0.1, -0.05) is 0 Å². The van der Waals surface area contributed by atoms with Crippen LogP contribution >= 0.6 is 0 Å². The quantitative estimate of drug-likeness (QED) is 0.564. The summed E-state index contributed by atoms with van der Waals surface area (Å²) in [5.41, 5.74) is -5.61. The van der Waals surface area contributed by atoms with Gasteiger partial charge in [0.25, 0.3) is 0 Å². The summed E-state index contributed by atoms with van der Waals surface area (Å²) in [4.78, 5) is 18.2. The first-order chi connectivity index (χ1) is 15.3. The van der Waals surface area contributed by atoms with Crippen LogP contribution in [0.3, 0.4) is 0 Å². The minimum atomic E-state index is -5.34. The average molecular weight is 476 g/mol. The molecule has 0 radical (unpaired) electrons. The van der Waals surface area contributed by atoms with E-state index in [-0.39, 0.29) is 30.7 Å². The van der Waals surface area contributed by atoms with Crippen LogP contribution in [0.5, 0.6) is 5.75 Å². The van der Waals surface area contributed by atoms with E-state index in [1.807, 2.05) is 0 Å². The molecule has 1 aromatic heterocycles. The Hall–Kier alpha value is -3.56. The summed E-state index contributed by atoms with van der Waals surface area (Å²) in [7, 11) is 1.08. The lowest BCUT2D eigenvalue weighted by Gasteiger charge is -2.36. The second-order valence-corrected chi connectivity index (χ2v) is 7.14. The molecule has 1 fully saturated rings. The topological polar surface area (TPSA) is 69.5 Å². The molecule has 13 heteroatoms. The minimum absolute atomic E-state index is 0.0619. The molecule has 0 saturated carbocycles. The molecule has 33 heavy (non-hydrogen) atoms. The van der Waals surface area contributed by atoms with Gasteiger partial charge < -0.3 is 9.64 Å². The molecule has 1 amide bonds. The van der Waals surface area contributed by atoms with Crippen LogP contribution in [-0.2, 0) is 12.4 Å². The Labute approximate surface area is 182 Å². The van der Waals surface area contributed by atoms with Crippen molar-refractivity contribution in [2.24, 2.45) is 0 Å². The molecule has 0 spiro atoms. The highest BCUT2D eigenvalue weighted by Gasteiger charge is 2.45. The van der Waals surface area contributed by atoms with Gasteiger partial charge in [0.2, 0.25) is 0 Å². The largest absolute Gasteiger partial charge is 0.420 e. The minimum Gasteiger partial charge on any atom is -0.407 e. The Kier molecular flexibility index (Phi) is 6.14. The van der Waals surface area contributed by atoms with Crippen LogP contribution < -0.4 is 14.5 Å². The fraction of sp³-hybridized carbons (Fsp3) is 0.350. The number of nitriles is 1. The number of ether oxygens (including phenoxy) is 1. The lowest BCUT2D eigenvalue weighted by atomic mass is 9.97. The number of halogens is 7. The predicted octanol–water partition coefficient (Wildman–Crippen LogP) is 5.28. The van der Waals surface area contributed by atoms with Gasteiger partial charge in [-0.15, -0.1) is 0 Å². The number of carbonyl (C=O) groups is 1. The average Bonchev–Trinajstić information content (AvgIpc) is 2.67. The maximum atomic E-state index is 13.8. The van der Waals surface area contributed by atoms with Crippen molar-refractivity contribution in [1.82, 2.24) is 4.98 Å². The van der Waals surface area contributed by atoms with E-state index >= 15 is 0 Å². The van der Waals surface area contributed by atoms with Crippen LogP contribution in [0.15, 0.2) is 18.2 Å². The van der Waals surface area contributed by atoms with E-state index in [9.17, 15) is 40.8 Å². The third kappa shape index (κ3) is 4.64. The third-order valence-electron chi connectivity index (χ3n) is 4.96. The lowest BCUT2D eigenvalue weighted by molar-refractivity contribution is -0.143. The number of aromatic nitrogens is 1. The van der Waals surface area contributed by atoms with E-state index in [2.05, 4.69) is 4.98 Å². The van der Waals surface area contributed by atoms with Crippen molar-refractivity contribution < 1.29 is 40.3 Å². The number of pyridine rings is 1. The number of aryl methyl sites for hydroxylation is 1. The summed E-state index contributed by atoms with van der Waals surface area (Å²) in [5.74, 6) is -2.09. The molecular formula is C20H15F7N4O2. The number of rotatable bonds is 3. The summed E-state index contributed by atoms with van der Waals surface area (Å²) >= 11 is 0. The molecule has 1 aliphatic rings. The summed E-state index contributed by atoms with van der Waals surface area (Å²) in [6, 6.07) is 3.09. The number of hydrogen-bond donors (Lipinski definition) is 0. The van der Waals surface area contributed by atoms with E-state index in [4.69, 9.17) is 4.74 Å². The molecule has 0 atom stereocenters. The number of nitrogens with zero attached hydrogens (tertiary/aromatic N) is 4. The van der Waals surface area contributed by atoms with Gasteiger partial charge in [0, 0.05) is 20.1 Å². The van der Waals surface area contributed by atoms with Gasteiger partial charge in [-0.2, -0.15) is 31.6 Å². The zero-order valence-corrected chi connectivity index (χ0v) is 17.1. The molecule has 0 unspecified atom stereocenters. The van der Waals surface area contributed by atoms with E-state index in [0.717, 1.165) is 24.1 Å². The second kappa shape index (κ2) is 8.42. The van der Waals surface area contributed by atoms with Crippen LogP contribution in [0.25, 0.3) is 0 Å². The summed E-state index contributed by atoms with van der Waals surface area (Å²) < 4.78 is 100. The summed E-state index contributed by atoms with van der Waals surface area (Å²) in [5, 5.41) is 9.37. The highest BCUT2D eigenvalue weighted by Crippen LogP contribution is 2.49. The molecule has 0 aliphatic carbocycles. The van der Waals surface area contributed by atoms with Gasteiger partial charge in [-0.25, -0.2) is 14.2 Å². The lowest BCUT2D eigenvalue weighted by Crippen LogP contribution is -2.39. The van der Waals surface area contributed by atoms with Crippen molar-refractivity contribution in [1.29, 1.82) is 5.26 Å². The first-order valence-electron chi connectivity index (χ1n) is 9.34. The molecule has 1 saturated heterocycles. The van der Waals surface area contributed by atoms with Crippen molar-refractivity contribution in [3.8, 4) is 11.8 Å². The standard InChI is InChI=1S/C20H15F7N4O2/c1-10-14(21)4-5-15(29-10)30(2)18(32)33-17-13(20(25,26)27)8-12(19(22,23)24)11(9-28)16(17)31-6-3-7-31/h4-5,8H,3,6-7H2,1-2H3.